The molecule has 0 aromatic heterocycles. The average molecular weight is 196 g/mol. The van der Waals surface area contributed by atoms with Crippen molar-refractivity contribution in [1.29, 1.82) is 0 Å². The molecule has 0 fully saturated rings. The van der Waals surface area contributed by atoms with Crippen LogP contribution in [0.2, 0.25) is 0 Å². The van der Waals surface area contributed by atoms with Gasteiger partial charge < -0.3 is 4.74 Å². The Labute approximate surface area is 82.7 Å². The van der Waals surface area contributed by atoms with Crippen LogP contribution in [0.4, 0.5) is 4.39 Å². The Balaban J connectivity index is 3.01. The van der Waals surface area contributed by atoms with Crippen LogP contribution in [0.25, 0.3) is 0 Å². The van der Waals surface area contributed by atoms with Crippen LogP contribution in [-0.2, 0) is 9.53 Å². The van der Waals surface area contributed by atoms with Gasteiger partial charge in [-0.25, -0.2) is 9.18 Å². The van der Waals surface area contributed by atoms with Crippen molar-refractivity contribution in [1.82, 2.24) is 0 Å². The molecule has 0 aliphatic carbocycles. The molecule has 0 aliphatic rings. The number of carbonyl (C=O) groups is 1. The largest absolute Gasteiger partial charge is 0.467 e. The maximum atomic E-state index is 13.4. The molecule has 1 aromatic carbocycles. The predicted octanol–water partition coefficient (Wildman–Crippen LogP) is 2.49. The minimum atomic E-state index is -1.68. The summed E-state index contributed by atoms with van der Waals surface area (Å²) in [7, 11) is 1.18. The number of hydrogen-bond acceptors (Lipinski definition) is 2. The van der Waals surface area contributed by atoms with Crippen LogP contribution < -0.4 is 0 Å². The first-order chi connectivity index (χ1) is 6.56. The van der Waals surface area contributed by atoms with Crippen LogP contribution in [-0.4, -0.2) is 13.1 Å². The molecule has 0 bridgehead atoms. The van der Waals surface area contributed by atoms with Crippen molar-refractivity contribution in [2.45, 2.75) is 20.0 Å². The van der Waals surface area contributed by atoms with E-state index in [1.54, 1.807) is 19.1 Å². The second kappa shape index (κ2) is 4.22. The Bertz CT molecular complexity index is 347. The van der Waals surface area contributed by atoms with Crippen molar-refractivity contribution in [3.8, 4) is 0 Å². The Hall–Kier alpha value is -1.38. The van der Waals surface area contributed by atoms with E-state index in [4.69, 9.17) is 0 Å². The zero-order valence-corrected chi connectivity index (χ0v) is 8.50. The predicted molar refractivity (Wildman–Crippen MR) is 51.8 cm³/mol. The highest BCUT2D eigenvalue weighted by Gasteiger charge is 2.21. The lowest BCUT2D eigenvalue weighted by Crippen LogP contribution is -2.10. The number of aryl methyl sites for hydroxylation is 2. The standard InChI is InChI=1S/C11H13FO2/c1-7-4-5-9(8(2)6-7)10(12)11(13)14-3/h4-6,10H,1-3H3. The summed E-state index contributed by atoms with van der Waals surface area (Å²) in [6.07, 6.45) is -1.68. The van der Waals surface area contributed by atoms with Crippen LogP contribution in [0.1, 0.15) is 22.9 Å². The number of rotatable bonds is 2. The number of carbonyl (C=O) groups excluding carboxylic acids is 1. The van der Waals surface area contributed by atoms with Crippen molar-refractivity contribution in [3.63, 3.8) is 0 Å². The fraction of sp³-hybridized carbons (Fsp3) is 0.364. The number of alkyl halides is 1. The van der Waals surface area contributed by atoms with Gasteiger partial charge in [-0.1, -0.05) is 23.8 Å². The Morgan fingerprint density at radius 2 is 2.07 bits per heavy atom. The summed E-state index contributed by atoms with van der Waals surface area (Å²) < 4.78 is 17.8. The molecule has 0 aliphatic heterocycles. The first-order valence-corrected chi connectivity index (χ1v) is 4.35. The monoisotopic (exact) mass is 196 g/mol. The lowest BCUT2D eigenvalue weighted by Gasteiger charge is -2.09. The van der Waals surface area contributed by atoms with Crippen LogP contribution in [0.15, 0.2) is 18.2 Å². The summed E-state index contributed by atoms with van der Waals surface area (Å²) in [4.78, 5) is 11.0. The SMILES string of the molecule is COC(=O)C(F)c1ccc(C)cc1C. The lowest BCUT2D eigenvalue weighted by atomic mass is 10.0. The first-order valence-electron chi connectivity index (χ1n) is 4.35. The number of methoxy groups -OCH3 is 1. The van der Waals surface area contributed by atoms with E-state index < -0.39 is 12.1 Å². The lowest BCUT2D eigenvalue weighted by molar-refractivity contribution is -0.146. The maximum absolute atomic E-state index is 13.4. The highest BCUT2D eigenvalue weighted by Crippen LogP contribution is 2.23. The van der Waals surface area contributed by atoms with Gasteiger partial charge in [0.15, 0.2) is 0 Å². The first kappa shape index (κ1) is 10.7. The van der Waals surface area contributed by atoms with Gasteiger partial charge in [-0.3, -0.25) is 0 Å². The summed E-state index contributed by atoms with van der Waals surface area (Å²) >= 11 is 0. The smallest absolute Gasteiger partial charge is 0.345 e. The normalized spacial score (nSPS) is 12.3. The number of ether oxygens (including phenoxy) is 1. The van der Waals surface area contributed by atoms with Gasteiger partial charge in [0, 0.05) is 5.56 Å². The summed E-state index contributed by atoms with van der Waals surface area (Å²) in [5, 5.41) is 0. The van der Waals surface area contributed by atoms with Gasteiger partial charge in [0.05, 0.1) is 7.11 Å². The van der Waals surface area contributed by atoms with Crippen molar-refractivity contribution >= 4 is 5.97 Å². The van der Waals surface area contributed by atoms with Gasteiger partial charge in [0.25, 0.3) is 0 Å². The van der Waals surface area contributed by atoms with Crippen molar-refractivity contribution in [2.24, 2.45) is 0 Å². The van der Waals surface area contributed by atoms with Gasteiger partial charge in [0.2, 0.25) is 6.17 Å². The van der Waals surface area contributed by atoms with Crippen LogP contribution in [0, 0.1) is 13.8 Å². The molecular weight excluding hydrogens is 183 g/mol. The topological polar surface area (TPSA) is 26.3 Å². The Morgan fingerprint density at radius 1 is 1.43 bits per heavy atom. The van der Waals surface area contributed by atoms with Crippen molar-refractivity contribution < 1.29 is 13.9 Å². The van der Waals surface area contributed by atoms with Crippen molar-refractivity contribution in [3.05, 3.63) is 34.9 Å². The van der Waals surface area contributed by atoms with Crippen LogP contribution in [0.3, 0.4) is 0 Å². The molecule has 0 saturated heterocycles. The molecule has 3 heteroatoms. The van der Waals surface area contributed by atoms with E-state index in [0.717, 1.165) is 11.1 Å². The third-order valence-electron chi connectivity index (χ3n) is 2.11. The maximum Gasteiger partial charge on any atom is 0.345 e. The van der Waals surface area contributed by atoms with Gasteiger partial charge in [-0.15, -0.1) is 0 Å². The summed E-state index contributed by atoms with van der Waals surface area (Å²) in [6.45, 7) is 3.69. The highest BCUT2D eigenvalue weighted by molar-refractivity contribution is 5.76. The third kappa shape index (κ3) is 2.10. The van der Waals surface area contributed by atoms with Gasteiger partial charge in [0.1, 0.15) is 0 Å². The Kier molecular flexibility index (Phi) is 3.23. The number of halogens is 1. The van der Waals surface area contributed by atoms with E-state index in [2.05, 4.69) is 4.74 Å². The number of benzene rings is 1. The third-order valence-corrected chi connectivity index (χ3v) is 2.11. The second-order valence-corrected chi connectivity index (χ2v) is 3.25. The molecule has 0 radical (unpaired) electrons. The molecule has 1 rings (SSSR count). The number of esters is 1. The minimum Gasteiger partial charge on any atom is -0.467 e. The molecular formula is C11H13FO2. The summed E-state index contributed by atoms with van der Waals surface area (Å²) in [5.74, 6) is -0.850. The number of hydrogen-bond donors (Lipinski definition) is 0. The van der Waals surface area contributed by atoms with Gasteiger partial charge in [-0.05, 0) is 19.4 Å². The fourth-order valence-corrected chi connectivity index (χ4v) is 1.34. The van der Waals surface area contributed by atoms with E-state index in [1.165, 1.54) is 7.11 Å². The molecule has 1 unspecified atom stereocenters. The zero-order chi connectivity index (χ0) is 10.7. The summed E-state index contributed by atoms with van der Waals surface area (Å²) in [5.41, 5.74) is 2.19. The van der Waals surface area contributed by atoms with E-state index in [0.29, 0.717) is 5.56 Å². The molecule has 1 aromatic rings. The molecule has 0 N–H and O–H groups in total. The van der Waals surface area contributed by atoms with Crippen LogP contribution >= 0.6 is 0 Å². The van der Waals surface area contributed by atoms with E-state index >= 15 is 0 Å². The molecule has 0 heterocycles. The van der Waals surface area contributed by atoms with E-state index in [-0.39, 0.29) is 0 Å². The zero-order valence-electron chi connectivity index (χ0n) is 8.50. The van der Waals surface area contributed by atoms with Gasteiger partial charge in [-0.2, -0.15) is 0 Å². The van der Waals surface area contributed by atoms with Crippen molar-refractivity contribution in [2.75, 3.05) is 7.11 Å². The second-order valence-electron chi connectivity index (χ2n) is 3.25. The van der Waals surface area contributed by atoms with Gasteiger partial charge >= 0.3 is 5.97 Å². The van der Waals surface area contributed by atoms with E-state index in [9.17, 15) is 9.18 Å². The molecule has 14 heavy (non-hydrogen) atoms. The fourth-order valence-electron chi connectivity index (χ4n) is 1.34. The average Bonchev–Trinajstić information content (AvgIpc) is 2.15. The molecule has 0 spiro atoms. The quantitative estimate of drug-likeness (QED) is 0.679. The van der Waals surface area contributed by atoms with Crippen LogP contribution in [0.5, 0.6) is 0 Å². The molecule has 0 amide bonds. The Morgan fingerprint density at radius 3 is 2.57 bits per heavy atom. The molecule has 76 valence electrons. The molecule has 2 nitrogen and oxygen atoms in total. The molecule has 0 saturated carbocycles. The summed E-state index contributed by atoms with van der Waals surface area (Å²) in [6, 6.07) is 5.23. The molecule has 1 atom stereocenters. The van der Waals surface area contributed by atoms with E-state index in [1.807, 2.05) is 13.0 Å². The minimum absolute atomic E-state index is 0.377. The highest BCUT2D eigenvalue weighted by atomic mass is 19.1.